The highest BCUT2D eigenvalue weighted by Gasteiger charge is 2.34. The van der Waals surface area contributed by atoms with Gasteiger partial charge in [0.25, 0.3) is 0 Å². The van der Waals surface area contributed by atoms with Gasteiger partial charge in [0, 0.05) is 38.6 Å². The third kappa shape index (κ3) is 3.74. The van der Waals surface area contributed by atoms with Gasteiger partial charge in [0.05, 0.1) is 5.60 Å². The van der Waals surface area contributed by atoms with Gasteiger partial charge in [0.2, 0.25) is 0 Å². The summed E-state index contributed by atoms with van der Waals surface area (Å²) in [7, 11) is 0. The molecule has 2 heterocycles. The van der Waals surface area contributed by atoms with Crippen LogP contribution in [0.4, 0.5) is 4.79 Å². The highest BCUT2D eigenvalue weighted by atomic mass is 16.4. The van der Waals surface area contributed by atoms with Crippen molar-refractivity contribution < 1.29 is 15.0 Å². The van der Waals surface area contributed by atoms with E-state index in [0.29, 0.717) is 32.4 Å². The standard InChI is InChI=1S/C21H30N2O3/c24-20(25)23-12-8-21(26,9-13-23)15-16-4-5-17-6-10-22(19-2-1-3-19)11-7-18(17)14-16/h4-5,14,19,26H,1-3,6-13,15H2,(H,24,25). The second-order valence-corrected chi connectivity index (χ2v) is 8.39. The Morgan fingerprint density at radius 2 is 1.77 bits per heavy atom. The maximum atomic E-state index is 11.1. The van der Waals surface area contributed by atoms with E-state index in [2.05, 4.69) is 23.1 Å². The number of amides is 1. The number of benzene rings is 1. The van der Waals surface area contributed by atoms with Crippen LogP contribution in [0.25, 0.3) is 0 Å². The van der Waals surface area contributed by atoms with Crippen LogP contribution in [0.3, 0.4) is 0 Å². The summed E-state index contributed by atoms with van der Waals surface area (Å²) in [5.74, 6) is 0. The first-order chi connectivity index (χ1) is 12.5. The van der Waals surface area contributed by atoms with Crippen LogP contribution in [0, 0.1) is 0 Å². The van der Waals surface area contributed by atoms with Gasteiger partial charge in [-0.25, -0.2) is 4.79 Å². The Morgan fingerprint density at radius 1 is 1.08 bits per heavy atom. The summed E-state index contributed by atoms with van der Waals surface area (Å²) in [5.41, 5.74) is 3.31. The Balaban J connectivity index is 1.40. The molecule has 2 fully saturated rings. The van der Waals surface area contributed by atoms with Crippen LogP contribution in [0.15, 0.2) is 18.2 Å². The van der Waals surface area contributed by atoms with Gasteiger partial charge >= 0.3 is 6.09 Å². The number of carboxylic acid groups (broad SMARTS) is 1. The van der Waals surface area contributed by atoms with Crippen LogP contribution in [0.5, 0.6) is 0 Å². The van der Waals surface area contributed by atoms with Gasteiger partial charge in [-0.3, -0.25) is 4.90 Å². The largest absolute Gasteiger partial charge is 0.465 e. The zero-order valence-corrected chi connectivity index (χ0v) is 15.5. The molecule has 0 aromatic heterocycles. The molecule has 26 heavy (non-hydrogen) atoms. The van der Waals surface area contributed by atoms with Gasteiger partial charge in [-0.1, -0.05) is 24.6 Å². The Labute approximate surface area is 155 Å². The number of piperidine rings is 1. The SMILES string of the molecule is O=C(O)N1CCC(O)(Cc2ccc3c(c2)CCN(C2CCC2)CC3)CC1. The molecule has 1 saturated carbocycles. The van der Waals surface area contributed by atoms with Crippen molar-refractivity contribution in [2.24, 2.45) is 0 Å². The van der Waals surface area contributed by atoms with E-state index in [4.69, 9.17) is 5.11 Å². The molecule has 3 aliphatic rings. The van der Waals surface area contributed by atoms with E-state index in [1.54, 1.807) is 0 Å². The van der Waals surface area contributed by atoms with Gasteiger partial charge in [0.15, 0.2) is 0 Å². The number of rotatable bonds is 3. The summed E-state index contributed by atoms with van der Waals surface area (Å²) in [6, 6.07) is 7.52. The average Bonchev–Trinajstić information content (AvgIpc) is 2.76. The molecular weight excluding hydrogens is 328 g/mol. The second-order valence-electron chi connectivity index (χ2n) is 8.39. The predicted octanol–water partition coefficient (Wildman–Crippen LogP) is 2.69. The third-order valence-corrected chi connectivity index (χ3v) is 6.70. The molecule has 2 aliphatic heterocycles. The van der Waals surface area contributed by atoms with Crippen LogP contribution in [-0.4, -0.2) is 63.9 Å². The molecule has 0 spiro atoms. The summed E-state index contributed by atoms with van der Waals surface area (Å²) in [5, 5.41) is 20.0. The van der Waals surface area contributed by atoms with Gasteiger partial charge in [0.1, 0.15) is 0 Å². The van der Waals surface area contributed by atoms with Crippen molar-refractivity contribution in [3.63, 3.8) is 0 Å². The summed E-state index contributed by atoms with van der Waals surface area (Å²) in [6.45, 7) is 3.17. The highest BCUT2D eigenvalue weighted by Crippen LogP contribution is 2.30. The summed E-state index contributed by atoms with van der Waals surface area (Å²) >= 11 is 0. The van der Waals surface area contributed by atoms with Crippen molar-refractivity contribution in [1.29, 1.82) is 0 Å². The van der Waals surface area contributed by atoms with Crippen LogP contribution in [0.2, 0.25) is 0 Å². The molecular formula is C21H30N2O3. The monoisotopic (exact) mass is 358 g/mol. The van der Waals surface area contributed by atoms with Crippen molar-refractivity contribution in [1.82, 2.24) is 9.80 Å². The molecule has 142 valence electrons. The van der Waals surface area contributed by atoms with Crippen LogP contribution < -0.4 is 0 Å². The van der Waals surface area contributed by atoms with E-state index in [9.17, 15) is 9.90 Å². The van der Waals surface area contributed by atoms with Crippen molar-refractivity contribution >= 4 is 6.09 Å². The first kappa shape index (κ1) is 17.8. The fraction of sp³-hybridized carbons (Fsp3) is 0.667. The lowest BCUT2D eigenvalue weighted by atomic mass is 9.84. The van der Waals surface area contributed by atoms with Gasteiger partial charge in [-0.15, -0.1) is 0 Å². The first-order valence-corrected chi connectivity index (χ1v) is 10.1. The molecule has 1 saturated heterocycles. The van der Waals surface area contributed by atoms with E-state index < -0.39 is 11.7 Å². The molecule has 4 rings (SSSR count). The Morgan fingerprint density at radius 3 is 2.38 bits per heavy atom. The normalized spacial score (nSPS) is 23.8. The molecule has 0 bridgehead atoms. The maximum Gasteiger partial charge on any atom is 0.407 e. The van der Waals surface area contributed by atoms with Crippen LogP contribution >= 0.6 is 0 Å². The fourth-order valence-corrected chi connectivity index (χ4v) is 4.69. The number of nitrogens with zero attached hydrogens (tertiary/aromatic N) is 2. The molecule has 5 nitrogen and oxygen atoms in total. The number of carbonyl (C=O) groups is 1. The molecule has 0 unspecified atom stereocenters. The van der Waals surface area contributed by atoms with E-state index in [0.717, 1.165) is 25.4 Å². The molecule has 0 radical (unpaired) electrons. The number of aliphatic hydroxyl groups is 1. The number of fused-ring (bicyclic) bond motifs is 1. The highest BCUT2D eigenvalue weighted by molar-refractivity contribution is 5.65. The number of hydrogen-bond acceptors (Lipinski definition) is 3. The van der Waals surface area contributed by atoms with Crippen LogP contribution in [-0.2, 0) is 19.3 Å². The maximum absolute atomic E-state index is 11.1. The minimum absolute atomic E-state index is 0.424. The molecule has 1 aliphatic carbocycles. The summed E-state index contributed by atoms with van der Waals surface area (Å²) in [6.07, 6.45) is 7.13. The quantitative estimate of drug-likeness (QED) is 0.872. The average molecular weight is 358 g/mol. The lowest BCUT2D eigenvalue weighted by Crippen LogP contribution is -2.47. The van der Waals surface area contributed by atoms with Crippen molar-refractivity contribution in [3.8, 4) is 0 Å². The second kappa shape index (κ2) is 7.20. The van der Waals surface area contributed by atoms with Crippen molar-refractivity contribution in [3.05, 3.63) is 34.9 Å². The molecule has 2 N–H and O–H groups in total. The molecule has 0 atom stereocenters. The van der Waals surface area contributed by atoms with Gasteiger partial charge < -0.3 is 15.1 Å². The van der Waals surface area contributed by atoms with E-state index in [-0.39, 0.29) is 0 Å². The number of likely N-dealkylation sites (tertiary alicyclic amines) is 1. The fourth-order valence-electron chi connectivity index (χ4n) is 4.69. The van der Waals surface area contributed by atoms with Gasteiger partial charge in [-0.2, -0.15) is 0 Å². The van der Waals surface area contributed by atoms with E-state index in [1.807, 2.05) is 0 Å². The minimum atomic E-state index is -0.881. The minimum Gasteiger partial charge on any atom is -0.465 e. The van der Waals surface area contributed by atoms with Crippen LogP contribution in [0.1, 0.15) is 48.8 Å². The smallest absolute Gasteiger partial charge is 0.407 e. The summed E-state index contributed by atoms with van der Waals surface area (Å²) < 4.78 is 0. The molecule has 1 aromatic carbocycles. The Hall–Kier alpha value is -1.59. The predicted molar refractivity (Wildman–Crippen MR) is 101 cm³/mol. The van der Waals surface area contributed by atoms with Crippen molar-refractivity contribution in [2.45, 2.75) is 63.0 Å². The number of hydrogen-bond donors (Lipinski definition) is 2. The van der Waals surface area contributed by atoms with Crippen molar-refractivity contribution in [2.75, 3.05) is 26.2 Å². The Kier molecular flexibility index (Phi) is 4.93. The Bertz CT molecular complexity index is 663. The topological polar surface area (TPSA) is 64.0 Å². The molecule has 1 aromatic rings. The zero-order chi connectivity index (χ0) is 18.1. The van der Waals surface area contributed by atoms with Gasteiger partial charge in [-0.05, 0) is 55.2 Å². The lowest BCUT2D eigenvalue weighted by molar-refractivity contribution is -0.0162. The third-order valence-electron chi connectivity index (χ3n) is 6.70. The van der Waals surface area contributed by atoms with E-state index in [1.165, 1.54) is 47.4 Å². The first-order valence-electron chi connectivity index (χ1n) is 10.1. The summed E-state index contributed by atoms with van der Waals surface area (Å²) in [4.78, 5) is 15.1. The zero-order valence-electron chi connectivity index (χ0n) is 15.5. The molecule has 1 amide bonds. The molecule has 5 heteroatoms. The lowest BCUT2D eigenvalue weighted by Gasteiger charge is -2.37. The van der Waals surface area contributed by atoms with E-state index >= 15 is 0 Å².